The van der Waals surface area contributed by atoms with E-state index in [4.69, 9.17) is 4.52 Å². The Kier molecular flexibility index (Phi) is 6.39. The summed E-state index contributed by atoms with van der Waals surface area (Å²) in [5, 5.41) is 16.9. The van der Waals surface area contributed by atoms with E-state index in [0.717, 1.165) is 37.1 Å². The van der Waals surface area contributed by atoms with Crippen LogP contribution in [0.15, 0.2) is 16.7 Å². The zero-order valence-electron chi connectivity index (χ0n) is 17.7. The van der Waals surface area contributed by atoms with E-state index in [2.05, 4.69) is 32.9 Å². The van der Waals surface area contributed by atoms with E-state index in [0.29, 0.717) is 23.9 Å². The fourth-order valence-electron chi connectivity index (χ4n) is 4.25. The molecule has 2 amide bonds. The van der Waals surface area contributed by atoms with Gasteiger partial charge in [0.2, 0.25) is 11.8 Å². The molecule has 3 N–H and O–H groups in total. The van der Waals surface area contributed by atoms with Gasteiger partial charge < -0.3 is 15.2 Å². The van der Waals surface area contributed by atoms with Crippen LogP contribution < -0.4 is 10.6 Å². The molecule has 8 heteroatoms. The van der Waals surface area contributed by atoms with Crippen molar-refractivity contribution in [1.82, 2.24) is 20.7 Å². The summed E-state index contributed by atoms with van der Waals surface area (Å²) >= 11 is 0. The average molecular weight is 402 g/mol. The predicted octanol–water partition coefficient (Wildman–Crippen LogP) is 3.47. The van der Waals surface area contributed by atoms with Crippen molar-refractivity contribution in [3.63, 3.8) is 0 Å². The molecule has 0 aromatic carbocycles. The monoisotopic (exact) mass is 401 g/mol. The molecule has 1 aliphatic rings. The first kappa shape index (κ1) is 21.1. The van der Waals surface area contributed by atoms with Crippen molar-refractivity contribution >= 4 is 17.6 Å². The lowest BCUT2D eigenvalue weighted by Crippen LogP contribution is -2.34. The van der Waals surface area contributed by atoms with E-state index >= 15 is 0 Å². The van der Waals surface area contributed by atoms with Crippen molar-refractivity contribution in [3.05, 3.63) is 29.3 Å². The van der Waals surface area contributed by atoms with E-state index < -0.39 is 0 Å². The van der Waals surface area contributed by atoms with Crippen molar-refractivity contribution in [2.45, 2.75) is 78.2 Å². The zero-order valence-corrected chi connectivity index (χ0v) is 17.7. The minimum Gasteiger partial charge on any atom is -0.361 e. The number of hydrogen-bond acceptors (Lipinski definition) is 5. The minimum atomic E-state index is -0.195. The first-order valence-corrected chi connectivity index (χ1v) is 10.4. The van der Waals surface area contributed by atoms with E-state index in [1.54, 1.807) is 6.07 Å². The number of aromatic nitrogens is 3. The van der Waals surface area contributed by atoms with Gasteiger partial charge in [0.1, 0.15) is 5.76 Å². The summed E-state index contributed by atoms with van der Waals surface area (Å²) in [5.41, 5.74) is 1.79. The molecule has 2 atom stereocenters. The highest BCUT2D eigenvalue weighted by atomic mass is 16.5. The van der Waals surface area contributed by atoms with Crippen LogP contribution in [0.3, 0.4) is 0 Å². The molecule has 0 unspecified atom stereocenters. The van der Waals surface area contributed by atoms with Crippen LogP contribution >= 0.6 is 0 Å². The van der Waals surface area contributed by atoms with Crippen molar-refractivity contribution in [1.29, 1.82) is 0 Å². The normalized spacial score (nSPS) is 21.5. The van der Waals surface area contributed by atoms with Crippen molar-refractivity contribution in [2.24, 2.45) is 5.41 Å². The Hall–Kier alpha value is -2.64. The number of anilines is 1. The number of carbonyl (C=O) groups excluding carboxylic acids is 2. The molecule has 1 aliphatic carbocycles. The van der Waals surface area contributed by atoms with Crippen LogP contribution in [-0.2, 0) is 16.0 Å². The molecule has 2 aromatic rings. The summed E-state index contributed by atoms with van der Waals surface area (Å²) in [4.78, 5) is 24.5. The highest BCUT2D eigenvalue weighted by Crippen LogP contribution is 2.50. The number of aryl methyl sites for hydroxylation is 1. The molecule has 2 aromatic heterocycles. The number of aromatic amines is 1. The van der Waals surface area contributed by atoms with Crippen molar-refractivity contribution < 1.29 is 14.1 Å². The number of carbonyl (C=O) groups is 2. The maximum Gasteiger partial charge on any atom is 0.233 e. The smallest absolute Gasteiger partial charge is 0.233 e. The quantitative estimate of drug-likeness (QED) is 0.627. The number of amides is 2. The summed E-state index contributed by atoms with van der Waals surface area (Å²) in [5.74, 6) is 1.28. The van der Waals surface area contributed by atoms with Gasteiger partial charge in [0.25, 0.3) is 0 Å². The second-order valence-corrected chi connectivity index (χ2v) is 8.56. The summed E-state index contributed by atoms with van der Waals surface area (Å²) < 4.78 is 5.08. The summed E-state index contributed by atoms with van der Waals surface area (Å²) in [7, 11) is 0. The van der Waals surface area contributed by atoms with Gasteiger partial charge in [0, 0.05) is 36.2 Å². The topological polar surface area (TPSA) is 113 Å². The summed E-state index contributed by atoms with van der Waals surface area (Å²) in [6, 6.07) is 3.80. The molecule has 8 nitrogen and oxygen atoms in total. The maximum atomic E-state index is 12.3. The van der Waals surface area contributed by atoms with Crippen LogP contribution in [0.1, 0.15) is 75.9 Å². The lowest BCUT2D eigenvalue weighted by atomic mass is 9.79. The van der Waals surface area contributed by atoms with Crippen LogP contribution in [-0.4, -0.2) is 33.2 Å². The molecular weight excluding hydrogens is 370 g/mol. The number of nitrogens with zero attached hydrogens (tertiary/aromatic N) is 2. The third-order valence-electron chi connectivity index (χ3n) is 5.75. The molecule has 1 saturated carbocycles. The summed E-state index contributed by atoms with van der Waals surface area (Å²) in [6.07, 6.45) is 4.63. The van der Waals surface area contributed by atoms with Crippen molar-refractivity contribution in [3.8, 4) is 0 Å². The van der Waals surface area contributed by atoms with E-state index in [-0.39, 0.29) is 29.7 Å². The fourth-order valence-corrected chi connectivity index (χ4v) is 4.25. The fraction of sp³-hybridized carbons (Fsp3) is 0.619. The Morgan fingerprint density at radius 3 is 2.79 bits per heavy atom. The second-order valence-electron chi connectivity index (χ2n) is 8.56. The molecule has 0 spiro atoms. The molecular formula is C21H31N5O3. The third kappa shape index (κ3) is 5.46. The van der Waals surface area contributed by atoms with Crippen molar-refractivity contribution in [2.75, 3.05) is 5.32 Å². The number of hydrogen-bond donors (Lipinski definition) is 3. The molecule has 0 saturated heterocycles. The second kappa shape index (κ2) is 8.80. The van der Waals surface area contributed by atoms with Crippen LogP contribution in [0.4, 0.5) is 5.82 Å². The average Bonchev–Trinajstić information content (AvgIpc) is 3.35. The number of rotatable bonds is 8. The largest absolute Gasteiger partial charge is 0.361 e. The van der Waals surface area contributed by atoms with Crippen LogP contribution in [0.2, 0.25) is 0 Å². The van der Waals surface area contributed by atoms with Crippen LogP contribution in [0.5, 0.6) is 0 Å². The maximum absolute atomic E-state index is 12.3. The van der Waals surface area contributed by atoms with Gasteiger partial charge in [0.15, 0.2) is 5.82 Å². The minimum absolute atomic E-state index is 0.0301. The van der Waals surface area contributed by atoms with Crippen LogP contribution in [0, 0.1) is 12.3 Å². The highest BCUT2D eigenvalue weighted by molar-refractivity contribution is 5.91. The van der Waals surface area contributed by atoms with Gasteiger partial charge in [0.05, 0.1) is 12.1 Å². The zero-order chi connectivity index (χ0) is 21.0. The first-order chi connectivity index (χ1) is 13.8. The van der Waals surface area contributed by atoms with Gasteiger partial charge in [-0.3, -0.25) is 14.7 Å². The van der Waals surface area contributed by atoms with Gasteiger partial charge in [-0.1, -0.05) is 12.1 Å². The lowest BCUT2D eigenvalue weighted by molar-refractivity contribution is -0.124. The molecule has 1 fully saturated rings. The van der Waals surface area contributed by atoms with Gasteiger partial charge in [-0.2, -0.15) is 5.10 Å². The van der Waals surface area contributed by atoms with Gasteiger partial charge in [-0.05, 0) is 51.9 Å². The van der Waals surface area contributed by atoms with E-state index in [9.17, 15) is 9.59 Å². The SMILES string of the molecule is CC[C@]1(CC(=O)NC(C)C)CC[C@@H](c2cc(NC(=O)Cc3cc(C)no3)n[nH]2)C1. The molecule has 29 heavy (non-hydrogen) atoms. The Bertz CT molecular complexity index is 856. The Balaban J connectivity index is 1.57. The predicted molar refractivity (Wildman–Crippen MR) is 109 cm³/mol. The highest BCUT2D eigenvalue weighted by Gasteiger charge is 2.40. The van der Waals surface area contributed by atoms with Gasteiger partial charge in [-0.25, -0.2) is 0 Å². The molecule has 0 bridgehead atoms. The first-order valence-electron chi connectivity index (χ1n) is 10.4. The number of nitrogens with one attached hydrogen (secondary N) is 3. The van der Waals surface area contributed by atoms with Gasteiger partial charge >= 0.3 is 0 Å². The molecule has 3 rings (SSSR count). The molecule has 2 heterocycles. The molecule has 0 radical (unpaired) electrons. The summed E-state index contributed by atoms with van der Waals surface area (Å²) in [6.45, 7) is 7.94. The molecule has 158 valence electrons. The Morgan fingerprint density at radius 1 is 1.34 bits per heavy atom. The Labute approximate surface area is 171 Å². The van der Waals surface area contributed by atoms with Gasteiger partial charge in [-0.15, -0.1) is 0 Å². The van der Waals surface area contributed by atoms with Crippen LogP contribution in [0.25, 0.3) is 0 Å². The molecule has 0 aliphatic heterocycles. The van der Waals surface area contributed by atoms with E-state index in [1.807, 2.05) is 26.8 Å². The third-order valence-corrected chi connectivity index (χ3v) is 5.75. The standard InChI is InChI=1S/C21H31N5O3/c1-5-21(12-20(28)22-13(2)3)7-6-15(11-21)17-10-18(25-24-17)23-19(27)9-16-8-14(4)26-29-16/h8,10,13,15H,5-7,9,11-12H2,1-4H3,(H,22,28)(H2,23,24,25,27)/t15-,21+/m1/s1. The number of H-pyrrole nitrogens is 1. The van der Waals surface area contributed by atoms with E-state index in [1.165, 1.54) is 0 Å². The lowest BCUT2D eigenvalue weighted by Gasteiger charge is -2.27. The Morgan fingerprint density at radius 2 is 2.14 bits per heavy atom.